The lowest BCUT2D eigenvalue weighted by Crippen LogP contribution is -2.61. The Morgan fingerprint density at radius 3 is 2.91 bits per heavy atom. The van der Waals surface area contributed by atoms with Crippen molar-refractivity contribution in [3.8, 4) is 0 Å². The van der Waals surface area contributed by atoms with Gasteiger partial charge < -0.3 is 9.80 Å². The summed E-state index contributed by atoms with van der Waals surface area (Å²) in [5.74, 6) is 0.529. The van der Waals surface area contributed by atoms with Crippen LogP contribution in [-0.4, -0.2) is 47.3 Å². The van der Waals surface area contributed by atoms with Crippen LogP contribution in [0.15, 0.2) is 24.3 Å². The van der Waals surface area contributed by atoms with Gasteiger partial charge in [0.15, 0.2) is 0 Å². The van der Waals surface area contributed by atoms with Gasteiger partial charge in [-0.1, -0.05) is 6.07 Å². The maximum absolute atomic E-state index is 13.4. The average molecular weight is 316 g/mol. The molecule has 1 aromatic rings. The zero-order valence-corrected chi connectivity index (χ0v) is 13.1. The highest BCUT2D eigenvalue weighted by molar-refractivity contribution is 5.94. The van der Waals surface area contributed by atoms with E-state index in [0.717, 1.165) is 25.8 Å². The van der Waals surface area contributed by atoms with E-state index in [-0.39, 0.29) is 23.7 Å². The van der Waals surface area contributed by atoms with Gasteiger partial charge in [-0.25, -0.2) is 4.39 Å². The number of hydrogen-bond acceptors (Lipinski definition) is 2. The fraction of sp³-hybridized carbons (Fsp3) is 0.556. The molecule has 4 nitrogen and oxygen atoms in total. The molecule has 0 aromatic heterocycles. The van der Waals surface area contributed by atoms with Crippen LogP contribution in [0.25, 0.3) is 0 Å². The SMILES string of the molecule is O=C(c1cccc(F)c1)N1C[C@H]2C[C@H](C1)[C@H]1CCCC(=O)N1C2. The second-order valence-corrected chi connectivity index (χ2v) is 7.09. The lowest BCUT2D eigenvalue weighted by Gasteiger charge is -2.52. The number of fused-ring (bicyclic) bond motifs is 4. The molecule has 3 atom stereocenters. The first-order valence-corrected chi connectivity index (χ1v) is 8.46. The molecule has 122 valence electrons. The van der Waals surface area contributed by atoms with Gasteiger partial charge in [0.05, 0.1) is 0 Å². The van der Waals surface area contributed by atoms with Crippen LogP contribution < -0.4 is 0 Å². The molecule has 3 saturated heterocycles. The van der Waals surface area contributed by atoms with Crippen molar-refractivity contribution in [2.24, 2.45) is 11.8 Å². The number of amides is 2. The molecule has 0 saturated carbocycles. The standard InChI is InChI=1S/C18H21FN2O2/c19-15-4-1-3-13(8-15)18(23)20-9-12-7-14(11-20)16-5-2-6-17(22)21(16)10-12/h1,3-4,8,12,14,16H,2,5-7,9-11H2/t12-,14-,16-/m1/s1. The molecule has 3 heterocycles. The summed E-state index contributed by atoms with van der Waals surface area (Å²) < 4.78 is 13.4. The van der Waals surface area contributed by atoms with E-state index < -0.39 is 0 Å². The van der Waals surface area contributed by atoms with Crippen LogP contribution in [0.4, 0.5) is 4.39 Å². The summed E-state index contributed by atoms with van der Waals surface area (Å²) >= 11 is 0. The summed E-state index contributed by atoms with van der Waals surface area (Å²) in [5.41, 5.74) is 0.418. The summed E-state index contributed by atoms with van der Waals surface area (Å²) in [6, 6.07) is 6.20. The molecule has 1 aromatic carbocycles. The molecule has 5 heteroatoms. The third-order valence-corrected chi connectivity index (χ3v) is 5.54. The molecular weight excluding hydrogens is 295 g/mol. The highest BCUT2D eigenvalue weighted by Crippen LogP contribution is 2.38. The first kappa shape index (κ1) is 14.7. The Hall–Kier alpha value is -1.91. The number of nitrogens with zero attached hydrogens (tertiary/aromatic N) is 2. The van der Waals surface area contributed by atoms with Crippen LogP contribution in [0.3, 0.4) is 0 Å². The van der Waals surface area contributed by atoms with Gasteiger partial charge in [-0.15, -0.1) is 0 Å². The van der Waals surface area contributed by atoms with Crippen molar-refractivity contribution in [1.29, 1.82) is 0 Å². The van der Waals surface area contributed by atoms with E-state index in [4.69, 9.17) is 0 Å². The number of benzene rings is 1. The molecule has 3 aliphatic heterocycles. The molecule has 23 heavy (non-hydrogen) atoms. The van der Waals surface area contributed by atoms with E-state index in [1.54, 1.807) is 12.1 Å². The number of piperidine rings is 3. The van der Waals surface area contributed by atoms with Crippen LogP contribution >= 0.6 is 0 Å². The van der Waals surface area contributed by atoms with Crippen molar-refractivity contribution in [2.45, 2.75) is 31.7 Å². The predicted octanol–water partition coefficient (Wildman–Crippen LogP) is 2.30. The second kappa shape index (κ2) is 5.62. The number of rotatable bonds is 1. The summed E-state index contributed by atoms with van der Waals surface area (Å²) in [6.45, 7) is 2.12. The average Bonchev–Trinajstić information content (AvgIpc) is 2.55. The normalized spacial score (nSPS) is 30.1. The topological polar surface area (TPSA) is 40.6 Å². The summed E-state index contributed by atoms with van der Waals surface area (Å²) in [6.07, 6.45) is 3.77. The number of hydrogen-bond donors (Lipinski definition) is 0. The maximum atomic E-state index is 13.4. The Kier molecular flexibility index (Phi) is 3.58. The first-order chi connectivity index (χ1) is 11.1. The van der Waals surface area contributed by atoms with E-state index in [0.29, 0.717) is 36.9 Å². The molecule has 0 spiro atoms. The molecule has 2 amide bonds. The van der Waals surface area contributed by atoms with Crippen LogP contribution in [0.2, 0.25) is 0 Å². The predicted molar refractivity (Wildman–Crippen MR) is 83.3 cm³/mol. The van der Waals surface area contributed by atoms with E-state index in [9.17, 15) is 14.0 Å². The molecular formula is C18H21FN2O2. The van der Waals surface area contributed by atoms with E-state index in [1.807, 2.05) is 4.90 Å². The molecule has 3 fully saturated rings. The summed E-state index contributed by atoms with van der Waals surface area (Å²) in [4.78, 5) is 28.8. The number of carbonyl (C=O) groups excluding carboxylic acids is 2. The van der Waals surface area contributed by atoms with Crippen molar-refractivity contribution < 1.29 is 14.0 Å². The smallest absolute Gasteiger partial charge is 0.253 e. The highest BCUT2D eigenvalue weighted by atomic mass is 19.1. The quantitative estimate of drug-likeness (QED) is 0.798. The number of likely N-dealkylation sites (tertiary alicyclic amines) is 1. The Bertz CT molecular complexity index is 648. The van der Waals surface area contributed by atoms with Gasteiger partial charge in [0, 0.05) is 37.7 Å². The van der Waals surface area contributed by atoms with Gasteiger partial charge in [0.2, 0.25) is 5.91 Å². The van der Waals surface area contributed by atoms with Gasteiger partial charge in [-0.3, -0.25) is 9.59 Å². The number of halogens is 1. The van der Waals surface area contributed by atoms with Crippen molar-refractivity contribution in [3.05, 3.63) is 35.6 Å². The van der Waals surface area contributed by atoms with Crippen molar-refractivity contribution in [3.63, 3.8) is 0 Å². The van der Waals surface area contributed by atoms with E-state index in [2.05, 4.69) is 4.90 Å². The van der Waals surface area contributed by atoms with Crippen LogP contribution in [0.1, 0.15) is 36.0 Å². The minimum atomic E-state index is -0.378. The Morgan fingerprint density at radius 2 is 2.09 bits per heavy atom. The number of carbonyl (C=O) groups is 2. The van der Waals surface area contributed by atoms with Crippen molar-refractivity contribution in [1.82, 2.24) is 9.80 Å². The van der Waals surface area contributed by atoms with E-state index in [1.165, 1.54) is 12.1 Å². The third kappa shape index (κ3) is 2.62. The van der Waals surface area contributed by atoms with Gasteiger partial charge in [0.25, 0.3) is 5.91 Å². The summed E-state index contributed by atoms with van der Waals surface area (Å²) in [7, 11) is 0. The molecule has 3 aliphatic rings. The third-order valence-electron chi connectivity index (χ3n) is 5.54. The minimum Gasteiger partial charge on any atom is -0.339 e. The summed E-state index contributed by atoms with van der Waals surface area (Å²) in [5, 5.41) is 0. The molecule has 2 bridgehead atoms. The lowest BCUT2D eigenvalue weighted by atomic mass is 9.76. The van der Waals surface area contributed by atoms with Gasteiger partial charge >= 0.3 is 0 Å². The van der Waals surface area contributed by atoms with Gasteiger partial charge in [-0.2, -0.15) is 0 Å². The van der Waals surface area contributed by atoms with Gasteiger partial charge in [-0.05, 0) is 49.3 Å². The fourth-order valence-electron chi connectivity index (χ4n) is 4.58. The Labute approximate surface area is 135 Å². The van der Waals surface area contributed by atoms with Crippen LogP contribution in [0.5, 0.6) is 0 Å². The van der Waals surface area contributed by atoms with Gasteiger partial charge in [0.1, 0.15) is 5.82 Å². The highest BCUT2D eigenvalue weighted by Gasteiger charge is 2.44. The molecule has 0 unspecified atom stereocenters. The maximum Gasteiger partial charge on any atom is 0.253 e. The van der Waals surface area contributed by atoms with E-state index >= 15 is 0 Å². The fourth-order valence-corrected chi connectivity index (χ4v) is 4.58. The zero-order valence-electron chi connectivity index (χ0n) is 13.1. The van der Waals surface area contributed by atoms with Crippen molar-refractivity contribution in [2.75, 3.05) is 19.6 Å². The van der Waals surface area contributed by atoms with Crippen LogP contribution in [-0.2, 0) is 4.79 Å². The Morgan fingerprint density at radius 1 is 1.22 bits per heavy atom. The minimum absolute atomic E-state index is 0.0882. The Balaban J connectivity index is 1.53. The first-order valence-electron chi connectivity index (χ1n) is 8.46. The molecule has 0 aliphatic carbocycles. The van der Waals surface area contributed by atoms with Crippen LogP contribution in [0, 0.1) is 17.7 Å². The lowest BCUT2D eigenvalue weighted by molar-refractivity contribution is -0.144. The molecule has 0 N–H and O–H groups in total. The molecule has 0 radical (unpaired) electrons. The van der Waals surface area contributed by atoms with Crippen molar-refractivity contribution >= 4 is 11.8 Å². The largest absolute Gasteiger partial charge is 0.339 e. The second-order valence-electron chi connectivity index (χ2n) is 7.09. The molecule has 4 rings (SSSR count). The zero-order chi connectivity index (χ0) is 16.0. The monoisotopic (exact) mass is 316 g/mol.